The number of hydrogen-bond acceptors (Lipinski definition) is 4. The highest BCUT2D eigenvalue weighted by Gasteiger charge is 2.45. The van der Waals surface area contributed by atoms with Gasteiger partial charge in [-0.3, -0.25) is 0 Å². The molecule has 0 unspecified atom stereocenters. The van der Waals surface area contributed by atoms with Crippen molar-refractivity contribution in [1.29, 1.82) is 0 Å². The zero-order valence-electron chi connectivity index (χ0n) is 5.58. The van der Waals surface area contributed by atoms with Crippen LogP contribution in [0, 0.1) is 0 Å². The van der Waals surface area contributed by atoms with E-state index in [9.17, 15) is 0 Å². The van der Waals surface area contributed by atoms with Gasteiger partial charge in [0.1, 0.15) is 11.3 Å². The lowest BCUT2D eigenvalue weighted by Gasteiger charge is -2.04. The van der Waals surface area contributed by atoms with Crippen molar-refractivity contribution in [3.8, 4) is 0 Å². The van der Waals surface area contributed by atoms with Gasteiger partial charge in [-0.25, -0.2) is 4.98 Å². The van der Waals surface area contributed by atoms with Crippen molar-refractivity contribution in [3.63, 3.8) is 0 Å². The van der Waals surface area contributed by atoms with Gasteiger partial charge < -0.3 is 5.73 Å². The molecule has 4 heteroatoms. The van der Waals surface area contributed by atoms with Gasteiger partial charge in [0, 0.05) is 12.0 Å². The predicted octanol–water partition coefficient (Wildman–Crippen LogP) is 0.528. The molecule has 0 bridgehead atoms. The molecule has 0 saturated heterocycles. The highest BCUT2D eigenvalue weighted by atomic mass is 32.1. The molecule has 2 rings (SSSR count). The third-order valence-corrected chi connectivity index (χ3v) is 2.56. The summed E-state index contributed by atoms with van der Waals surface area (Å²) < 4.78 is 4.17. The van der Waals surface area contributed by atoms with Crippen molar-refractivity contribution in [2.75, 3.05) is 6.54 Å². The fourth-order valence-corrected chi connectivity index (χ4v) is 1.61. The van der Waals surface area contributed by atoms with Gasteiger partial charge in [-0.05, 0) is 24.4 Å². The van der Waals surface area contributed by atoms with Crippen molar-refractivity contribution in [1.82, 2.24) is 9.36 Å². The maximum absolute atomic E-state index is 5.58. The highest BCUT2D eigenvalue weighted by molar-refractivity contribution is 7.03. The quantitative estimate of drug-likeness (QED) is 0.677. The maximum Gasteiger partial charge on any atom is 0.149 e. The summed E-state index contributed by atoms with van der Waals surface area (Å²) in [7, 11) is 0. The van der Waals surface area contributed by atoms with E-state index in [1.807, 2.05) is 0 Å². The Kier molecular flexibility index (Phi) is 1.25. The van der Waals surface area contributed by atoms with Crippen molar-refractivity contribution in [2.45, 2.75) is 18.3 Å². The summed E-state index contributed by atoms with van der Waals surface area (Å²) in [6, 6.07) is 0. The van der Waals surface area contributed by atoms with Crippen molar-refractivity contribution >= 4 is 11.5 Å². The van der Waals surface area contributed by atoms with Crippen LogP contribution in [0.2, 0.25) is 0 Å². The first-order valence-electron chi connectivity index (χ1n) is 3.34. The summed E-state index contributed by atoms with van der Waals surface area (Å²) in [5, 5.41) is 0. The molecule has 0 aromatic carbocycles. The van der Waals surface area contributed by atoms with Crippen LogP contribution in [-0.2, 0) is 5.41 Å². The molecule has 0 radical (unpaired) electrons. The largest absolute Gasteiger partial charge is 0.329 e. The lowest BCUT2D eigenvalue weighted by atomic mass is 10.1. The van der Waals surface area contributed by atoms with E-state index in [1.54, 1.807) is 5.51 Å². The average molecular weight is 155 g/mol. The summed E-state index contributed by atoms with van der Waals surface area (Å²) in [6.45, 7) is 0.698. The number of hydrogen-bond donors (Lipinski definition) is 1. The van der Waals surface area contributed by atoms with Gasteiger partial charge >= 0.3 is 0 Å². The Morgan fingerprint density at radius 2 is 2.50 bits per heavy atom. The molecule has 0 aliphatic heterocycles. The molecule has 1 aromatic heterocycles. The Labute approximate surface area is 63.4 Å². The third kappa shape index (κ3) is 0.759. The molecule has 10 heavy (non-hydrogen) atoms. The molecule has 1 aromatic rings. The predicted molar refractivity (Wildman–Crippen MR) is 39.9 cm³/mol. The molecule has 2 N–H and O–H groups in total. The van der Waals surface area contributed by atoms with Crippen LogP contribution in [-0.4, -0.2) is 15.9 Å². The minimum atomic E-state index is 0.181. The van der Waals surface area contributed by atoms with E-state index in [-0.39, 0.29) is 5.41 Å². The third-order valence-electron chi connectivity index (χ3n) is 2.08. The van der Waals surface area contributed by atoms with E-state index in [4.69, 9.17) is 5.73 Å². The SMILES string of the molecule is NCC1(c2ncsn2)CC1. The molecule has 1 aliphatic carbocycles. The summed E-state index contributed by atoms with van der Waals surface area (Å²) >= 11 is 1.41. The first-order valence-corrected chi connectivity index (χ1v) is 4.18. The summed E-state index contributed by atoms with van der Waals surface area (Å²) in [4.78, 5) is 4.15. The number of nitrogens with zero attached hydrogens (tertiary/aromatic N) is 2. The van der Waals surface area contributed by atoms with Gasteiger partial charge in [-0.1, -0.05) is 0 Å². The Bertz CT molecular complexity index is 215. The second kappa shape index (κ2) is 2.00. The Balaban J connectivity index is 2.27. The minimum absolute atomic E-state index is 0.181. The van der Waals surface area contributed by atoms with Gasteiger partial charge in [-0.2, -0.15) is 4.37 Å². The zero-order chi connectivity index (χ0) is 7.03. The summed E-state index contributed by atoms with van der Waals surface area (Å²) in [5.74, 6) is 0.958. The van der Waals surface area contributed by atoms with Crippen LogP contribution in [0.1, 0.15) is 18.7 Å². The van der Waals surface area contributed by atoms with Crippen molar-refractivity contribution < 1.29 is 0 Å². The van der Waals surface area contributed by atoms with E-state index in [2.05, 4.69) is 9.36 Å². The maximum atomic E-state index is 5.58. The molecule has 1 aliphatic rings. The van der Waals surface area contributed by atoms with Crippen molar-refractivity contribution in [3.05, 3.63) is 11.3 Å². The van der Waals surface area contributed by atoms with Crippen LogP contribution in [0.5, 0.6) is 0 Å². The summed E-state index contributed by atoms with van der Waals surface area (Å²) in [5.41, 5.74) is 7.53. The monoisotopic (exact) mass is 155 g/mol. The first kappa shape index (κ1) is 6.24. The standard InChI is InChI=1S/C6H9N3S/c7-3-6(1-2-6)5-8-4-10-9-5/h4H,1-3,7H2. The second-order valence-corrected chi connectivity index (χ2v) is 3.34. The number of nitrogens with two attached hydrogens (primary N) is 1. The number of rotatable bonds is 2. The van der Waals surface area contributed by atoms with Gasteiger partial charge in [0.15, 0.2) is 0 Å². The van der Waals surface area contributed by atoms with E-state index in [0.29, 0.717) is 6.54 Å². The van der Waals surface area contributed by atoms with E-state index >= 15 is 0 Å². The van der Waals surface area contributed by atoms with Crippen LogP contribution in [0.4, 0.5) is 0 Å². The van der Waals surface area contributed by atoms with Crippen molar-refractivity contribution in [2.24, 2.45) is 5.73 Å². The smallest absolute Gasteiger partial charge is 0.149 e. The zero-order valence-corrected chi connectivity index (χ0v) is 6.40. The Hall–Kier alpha value is -0.480. The molecule has 0 amide bonds. The average Bonchev–Trinajstić information content (AvgIpc) is 2.58. The van der Waals surface area contributed by atoms with Crippen LogP contribution in [0.15, 0.2) is 5.51 Å². The summed E-state index contributed by atoms with van der Waals surface area (Å²) in [6.07, 6.45) is 2.33. The first-order chi connectivity index (χ1) is 4.87. The lowest BCUT2D eigenvalue weighted by molar-refractivity contribution is 0.662. The molecule has 0 atom stereocenters. The van der Waals surface area contributed by atoms with Crippen LogP contribution in [0.25, 0.3) is 0 Å². The number of aromatic nitrogens is 2. The Morgan fingerprint density at radius 3 is 2.90 bits per heavy atom. The van der Waals surface area contributed by atoms with Crippen LogP contribution < -0.4 is 5.73 Å². The topological polar surface area (TPSA) is 51.8 Å². The van der Waals surface area contributed by atoms with Crippen LogP contribution in [0.3, 0.4) is 0 Å². The van der Waals surface area contributed by atoms with Crippen LogP contribution >= 0.6 is 11.5 Å². The molecular formula is C6H9N3S. The molecule has 1 fully saturated rings. The van der Waals surface area contributed by atoms with E-state index < -0.39 is 0 Å². The highest BCUT2D eigenvalue weighted by Crippen LogP contribution is 2.45. The lowest BCUT2D eigenvalue weighted by Crippen LogP contribution is -2.20. The van der Waals surface area contributed by atoms with E-state index in [0.717, 1.165) is 5.82 Å². The van der Waals surface area contributed by atoms with Gasteiger partial charge in [0.05, 0.1) is 0 Å². The van der Waals surface area contributed by atoms with Gasteiger partial charge in [-0.15, -0.1) is 0 Å². The molecule has 3 nitrogen and oxygen atoms in total. The molecular weight excluding hydrogens is 146 g/mol. The molecule has 54 valence electrons. The van der Waals surface area contributed by atoms with Gasteiger partial charge in [0.25, 0.3) is 0 Å². The fraction of sp³-hybridized carbons (Fsp3) is 0.667. The molecule has 1 heterocycles. The molecule has 0 spiro atoms. The normalized spacial score (nSPS) is 20.9. The molecule has 1 saturated carbocycles. The van der Waals surface area contributed by atoms with E-state index in [1.165, 1.54) is 24.4 Å². The fourth-order valence-electron chi connectivity index (χ4n) is 1.07. The second-order valence-electron chi connectivity index (χ2n) is 2.74. The Morgan fingerprint density at radius 1 is 1.70 bits per heavy atom. The van der Waals surface area contributed by atoms with Gasteiger partial charge in [0.2, 0.25) is 0 Å². The minimum Gasteiger partial charge on any atom is -0.329 e.